The summed E-state index contributed by atoms with van der Waals surface area (Å²) in [5.74, 6) is 0.373. The van der Waals surface area contributed by atoms with Crippen LogP contribution in [0.25, 0.3) is 6.08 Å². The van der Waals surface area contributed by atoms with E-state index in [1.165, 1.54) is 43.5 Å². The number of nitrogens with zero attached hydrogens (tertiary/aromatic N) is 5. The third-order valence-corrected chi connectivity index (χ3v) is 10.3. The molecule has 0 aliphatic carbocycles. The molecule has 2 amide bonds. The third kappa shape index (κ3) is 8.81. The van der Waals surface area contributed by atoms with Crippen molar-refractivity contribution in [3.05, 3.63) is 27.3 Å². The number of hydrogen-bond donors (Lipinski definition) is 0. The minimum absolute atomic E-state index is 0.0496. The summed E-state index contributed by atoms with van der Waals surface area (Å²) in [6.07, 6.45) is 14.5. The van der Waals surface area contributed by atoms with Crippen LogP contribution in [0.2, 0.25) is 0 Å². The number of rotatable bonds is 15. The molecule has 44 heavy (non-hydrogen) atoms. The molecule has 244 valence electrons. The maximum Gasteiger partial charge on any atom is 0.286 e. The first-order chi connectivity index (χ1) is 21.0. The Labute approximate surface area is 271 Å². The van der Waals surface area contributed by atoms with Gasteiger partial charge in [-0.3, -0.25) is 9.59 Å². The molecule has 2 atom stereocenters. The van der Waals surface area contributed by atoms with Gasteiger partial charge in [0.15, 0.2) is 5.13 Å². The second-order valence-corrected chi connectivity index (χ2v) is 14.8. The number of hydrazine groups is 1. The number of unbranched alkanes of at least 4 members (excludes halogenated alkanes) is 2. The average molecular weight is 624 g/mol. The Morgan fingerprint density at radius 3 is 2.00 bits per heavy atom. The van der Waals surface area contributed by atoms with Crippen LogP contribution >= 0.6 is 11.3 Å². The predicted octanol–water partition coefficient (Wildman–Crippen LogP) is 8.67. The fourth-order valence-electron chi connectivity index (χ4n) is 6.31. The Hall–Kier alpha value is -2.50. The quantitative estimate of drug-likeness (QED) is 0.144. The number of amides is 2. The standard InChI is InChI=1S/C36H57N5O2S/c1-9-13-18-27(11-3)24-39(25-28(12-4)19-14-10-2)35-38-32(36(6,7)8)31(44-35)22-29-26(5)30(23-37)34(43)41(33(29)42)40-20-16-15-17-21-40/h22,27-28H,9-21,24-25H2,1-8H3/b29-22-. The molecule has 1 saturated heterocycles. The maximum absolute atomic E-state index is 14.0. The van der Waals surface area contributed by atoms with E-state index in [0.29, 0.717) is 36.1 Å². The van der Waals surface area contributed by atoms with Crippen molar-refractivity contribution in [2.75, 3.05) is 31.1 Å². The van der Waals surface area contributed by atoms with E-state index in [2.05, 4.69) is 59.4 Å². The summed E-state index contributed by atoms with van der Waals surface area (Å²) in [5, 5.41) is 14.1. The summed E-state index contributed by atoms with van der Waals surface area (Å²) in [7, 11) is 0. The molecule has 1 aromatic rings. The van der Waals surface area contributed by atoms with Crippen LogP contribution < -0.4 is 4.90 Å². The lowest BCUT2D eigenvalue weighted by molar-refractivity contribution is -0.161. The highest BCUT2D eigenvalue weighted by molar-refractivity contribution is 7.16. The van der Waals surface area contributed by atoms with E-state index in [4.69, 9.17) is 4.98 Å². The largest absolute Gasteiger partial charge is 0.348 e. The summed E-state index contributed by atoms with van der Waals surface area (Å²) >= 11 is 1.65. The highest BCUT2D eigenvalue weighted by atomic mass is 32.1. The van der Waals surface area contributed by atoms with E-state index in [1.807, 2.05) is 11.1 Å². The minimum atomic E-state index is -0.503. The Kier molecular flexibility index (Phi) is 13.7. The highest BCUT2D eigenvalue weighted by Gasteiger charge is 2.40. The molecular formula is C36H57N5O2S. The number of thiazole rings is 1. The van der Waals surface area contributed by atoms with Gasteiger partial charge in [0.05, 0.1) is 10.6 Å². The fraction of sp³-hybridized carbons (Fsp3) is 0.722. The van der Waals surface area contributed by atoms with E-state index in [0.717, 1.165) is 60.9 Å². The molecule has 1 fully saturated rings. The molecule has 8 heteroatoms. The number of anilines is 1. The molecule has 3 rings (SSSR count). The van der Waals surface area contributed by atoms with Gasteiger partial charge < -0.3 is 4.90 Å². The summed E-state index contributed by atoms with van der Waals surface area (Å²) in [6.45, 7) is 20.6. The number of hydrogen-bond acceptors (Lipinski definition) is 7. The molecule has 2 aliphatic heterocycles. The molecule has 2 aliphatic rings. The molecule has 0 spiro atoms. The van der Waals surface area contributed by atoms with E-state index < -0.39 is 5.91 Å². The Balaban J connectivity index is 2.12. The Bertz CT molecular complexity index is 1210. The second kappa shape index (κ2) is 16.7. The number of carbonyl (C=O) groups excluding carboxylic acids is 2. The predicted molar refractivity (Wildman–Crippen MR) is 183 cm³/mol. The van der Waals surface area contributed by atoms with Crippen molar-refractivity contribution in [2.45, 2.75) is 131 Å². The average Bonchev–Trinajstić information content (AvgIpc) is 3.44. The van der Waals surface area contributed by atoms with Gasteiger partial charge in [0.2, 0.25) is 0 Å². The molecule has 2 unspecified atom stereocenters. The topological polar surface area (TPSA) is 80.5 Å². The third-order valence-electron chi connectivity index (χ3n) is 9.28. The van der Waals surface area contributed by atoms with Gasteiger partial charge in [-0.15, -0.1) is 0 Å². The van der Waals surface area contributed by atoms with Crippen molar-refractivity contribution in [3.63, 3.8) is 0 Å². The number of piperidine rings is 1. The Morgan fingerprint density at radius 2 is 1.52 bits per heavy atom. The Morgan fingerprint density at radius 1 is 0.955 bits per heavy atom. The lowest BCUT2D eigenvalue weighted by Crippen LogP contribution is -2.54. The maximum atomic E-state index is 14.0. The van der Waals surface area contributed by atoms with Crippen molar-refractivity contribution >= 4 is 34.4 Å². The van der Waals surface area contributed by atoms with Gasteiger partial charge in [0.1, 0.15) is 11.6 Å². The molecule has 0 bridgehead atoms. The van der Waals surface area contributed by atoms with Gasteiger partial charge in [-0.1, -0.05) is 105 Å². The molecule has 0 saturated carbocycles. The van der Waals surface area contributed by atoms with Crippen molar-refractivity contribution in [1.29, 1.82) is 5.26 Å². The van der Waals surface area contributed by atoms with Crippen molar-refractivity contribution in [3.8, 4) is 6.07 Å². The first kappa shape index (κ1) is 36.0. The van der Waals surface area contributed by atoms with Gasteiger partial charge >= 0.3 is 0 Å². The van der Waals surface area contributed by atoms with E-state index in [-0.39, 0.29) is 16.9 Å². The smallest absolute Gasteiger partial charge is 0.286 e. The summed E-state index contributed by atoms with van der Waals surface area (Å²) in [4.78, 5) is 36.1. The van der Waals surface area contributed by atoms with Crippen LogP contribution in [0, 0.1) is 23.2 Å². The van der Waals surface area contributed by atoms with Gasteiger partial charge in [-0.2, -0.15) is 5.26 Å². The minimum Gasteiger partial charge on any atom is -0.348 e. The van der Waals surface area contributed by atoms with Crippen LogP contribution in [0.3, 0.4) is 0 Å². The second-order valence-electron chi connectivity index (χ2n) is 13.8. The van der Waals surface area contributed by atoms with Crippen molar-refractivity contribution in [1.82, 2.24) is 15.0 Å². The van der Waals surface area contributed by atoms with Crippen LogP contribution in [0.5, 0.6) is 0 Å². The molecule has 3 heterocycles. The molecule has 0 radical (unpaired) electrons. The highest BCUT2D eigenvalue weighted by Crippen LogP contribution is 2.39. The molecule has 1 aromatic heterocycles. The van der Waals surface area contributed by atoms with Crippen LogP contribution in [0.1, 0.15) is 137 Å². The fourth-order valence-corrected chi connectivity index (χ4v) is 7.55. The van der Waals surface area contributed by atoms with Crippen molar-refractivity contribution in [2.24, 2.45) is 11.8 Å². The summed E-state index contributed by atoms with van der Waals surface area (Å²) < 4.78 is 0. The van der Waals surface area contributed by atoms with Crippen LogP contribution in [0.4, 0.5) is 5.13 Å². The zero-order valence-electron chi connectivity index (χ0n) is 28.8. The molecule has 0 N–H and O–H groups in total. The normalized spacial score (nSPS) is 19.1. The zero-order chi connectivity index (χ0) is 32.4. The van der Waals surface area contributed by atoms with Gasteiger partial charge in [0.25, 0.3) is 11.8 Å². The summed E-state index contributed by atoms with van der Waals surface area (Å²) in [5.41, 5.74) is 1.63. The number of carbonyl (C=O) groups is 2. The number of aromatic nitrogens is 1. The molecule has 7 nitrogen and oxygen atoms in total. The van der Waals surface area contributed by atoms with E-state index >= 15 is 0 Å². The lowest BCUT2D eigenvalue weighted by Gasteiger charge is -2.38. The van der Waals surface area contributed by atoms with Crippen molar-refractivity contribution < 1.29 is 9.59 Å². The first-order valence-corrected chi connectivity index (χ1v) is 18.0. The molecular weight excluding hydrogens is 566 g/mol. The number of imide groups is 1. The van der Waals surface area contributed by atoms with Crippen LogP contribution in [-0.4, -0.2) is 53.0 Å². The van der Waals surface area contributed by atoms with Crippen LogP contribution in [-0.2, 0) is 15.0 Å². The summed E-state index contributed by atoms with van der Waals surface area (Å²) in [6, 6.07) is 2.11. The van der Waals surface area contributed by atoms with Crippen LogP contribution in [0.15, 0.2) is 16.7 Å². The zero-order valence-corrected chi connectivity index (χ0v) is 29.6. The molecule has 0 aromatic carbocycles. The van der Waals surface area contributed by atoms with Gasteiger partial charge in [-0.05, 0) is 56.1 Å². The van der Waals surface area contributed by atoms with E-state index in [1.54, 1.807) is 18.3 Å². The SMILES string of the molecule is CCCCC(CC)CN(CC(CC)CCCC)c1nc(C(C)(C)C)c(/C=C2\C(=O)N(N3CCCCC3)C(=O)C(C#N)=C2C)s1. The van der Waals surface area contributed by atoms with Gasteiger partial charge in [0, 0.05) is 37.2 Å². The van der Waals surface area contributed by atoms with Gasteiger partial charge in [-0.25, -0.2) is 15.0 Å². The first-order valence-electron chi connectivity index (χ1n) is 17.2. The monoisotopic (exact) mass is 623 g/mol. The lowest BCUT2D eigenvalue weighted by atomic mass is 9.89. The number of nitriles is 1. The van der Waals surface area contributed by atoms with E-state index in [9.17, 15) is 14.9 Å².